The first kappa shape index (κ1) is 19.8. The number of carbonyl (C=O) groups is 1. The van der Waals surface area contributed by atoms with Crippen molar-refractivity contribution in [1.82, 2.24) is 14.7 Å². The lowest BCUT2D eigenvalue weighted by Gasteiger charge is -2.37. The van der Waals surface area contributed by atoms with E-state index in [1.807, 2.05) is 4.90 Å². The number of ether oxygens (including phenoxy) is 1. The number of carbonyl (C=O) groups excluding carboxylic acids is 1. The summed E-state index contributed by atoms with van der Waals surface area (Å²) in [6.45, 7) is 4.65. The summed E-state index contributed by atoms with van der Waals surface area (Å²) < 4.78 is 35.9. The van der Waals surface area contributed by atoms with Gasteiger partial charge in [-0.25, -0.2) is 8.42 Å². The molecule has 1 aromatic carbocycles. The number of fused-ring (bicyclic) bond motifs is 2. The van der Waals surface area contributed by atoms with Gasteiger partial charge in [-0.05, 0) is 51.3 Å². The number of benzene rings is 1. The second-order valence-electron chi connectivity index (χ2n) is 7.73. The number of anilines is 1. The molecular weight excluding hydrogens is 392 g/mol. The molecule has 0 aliphatic carbocycles. The average molecular weight is 419 g/mol. The number of hydrogen-bond donors (Lipinski definition) is 1. The first-order valence-electron chi connectivity index (χ1n) is 9.89. The zero-order valence-corrected chi connectivity index (χ0v) is 17.8. The standard InChI is InChI=1S/C20H26N4O4S/c1-13-19(14(2)23(3)21-13)29(26,27)22-15-7-8-18-17(12-15)20(25)24-10-5-4-6-16(24)9-11-28-18/h7-8,12,16,22H,4-6,9-11H2,1-3H3. The Hall–Kier alpha value is -2.55. The molecule has 9 heteroatoms. The molecule has 0 radical (unpaired) electrons. The van der Waals surface area contributed by atoms with Crippen molar-refractivity contribution in [2.24, 2.45) is 7.05 Å². The number of sulfonamides is 1. The zero-order chi connectivity index (χ0) is 20.8. The average Bonchev–Trinajstić information content (AvgIpc) is 2.93. The van der Waals surface area contributed by atoms with Gasteiger partial charge in [0.2, 0.25) is 0 Å². The molecule has 1 aromatic heterocycles. The van der Waals surface area contributed by atoms with E-state index in [1.54, 1.807) is 39.1 Å². The summed E-state index contributed by atoms with van der Waals surface area (Å²) >= 11 is 0. The summed E-state index contributed by atoms with van der Waals surface area (Å²) in [6.07, 6.45) is 3.91. The molecule has 2 aromatic rings. The van der Waals surface area contributed by atoms with Crippen molar-refractivity contribution in [2.75, 3.05) is 17.9 Å². The molecule has 1 atom stereocenters. The van der Waals surface area contributed by atoms with Crippen LogP contribution in [0.4, 0.5) is 5.69 Å². The minimum Gasteiger partial charge on any atom is -0.493 e. The molecule has 1 fully saturated rings. The Balaban J connectivity index is 1.68. The number of amides is 1. The Bertz CT molecular complexity index is 1060. The molecule has 0 saturated carbocycles. The van der Waals surface area contributed by atoms with E-state index < -0.39 is 10.0 Å². The Morgan fingerprint density at radius 1 is 1.21 bits per heavy atom. The molecule has 1 unspecified atom stereocenters. The summed E-state index contributed by atoms with van der Waals surface area (Å²) in [5.74, 6) is 0.398. The highest BCUT2D eigenvalue weighted by Gasteiger charge is 2.31. The highest BCUT2D eigenvalue weighted by atomic mass is 32.2. The van der Waals surface area contributed by atoms with Crippen LogP contribution in [0.1, 0.15) is 47.4 Å². The molecule has 156 valence electrons. The van der Waals surface area contributed by atoms with E-state index in [0.717, 1.165) is 32.2 Å². The number of piperidine rings is 1. The monoisotopic (exact) mass is 418 g/mol. The first-order valence-corrected chi connectivity index (χ1v) is 11.4. The van der Waals surface area contributed by atoms with Gasteiger partial charge >= 0.3 is 0 Å². The minimum absolute atomic E-state index is 0.0980. The molecule has 29 heavy (non-hydrogen) atoms. The fourth-order valence-corrected chi connectivity index (χ4v) is 5.75. The number of rotatable bonds is 3. The van der Waals surface area contributed by atoms with Gasteiger partial charge in [-0.3, -0.25) is 14.2 Å². The highest BCUT2D eigenvalue weighted by molar-refractivity contribution is 7.92. The predicted molar refractivity (Wildman–Crippen MR) is 109 cm³/mol. The van der Waals surface area contributed by atoms with Gasteiger partial charge in [-0.1, -0.05) is 0 Å². The number of aromatic nitrogens is 2. The largest absolute Gasteiger partial charge is 0.493 e. The third kappa shape index (κ3) is 3.59. The quantitative estimate of drug-likeness (QED) is 0.827. The van der Waals surface area contributed by atoms with Gasteiger partial charge in [0.15, 0.2) is 0 Å². The third-order valence-corrected chi connectivity index (χ3v) is 7.40. The lowest BCUT2D eigenvalue weighted by atomic mass is 9.97. The van der Waals surface area contributed by atoms with E-state index >= 15 is 0 Å². The van der Waals surface area contributed by atoms with Gasteiger partial charge < -0.3 is 9.64 Å². The maximum absolute atomic E-state index is 13.2. The first-order chi connectivity index (χ1) is 13.8. The molecule has 1 saturated heterocycles. The second-order valence-corrected chi connectivity index (χ2v) is 9.34. The van der Waals surface area contributed by atoms with Gasteiger partial charge in [0, 0.05) is 31.7 Å². The van der Waals surface area contributed by atoms with Crippen LogP contribution in [0, 0.1) is 13.8 Å². The van der Waals surface area contributed by atoms with E-state index in [2.05, 4.69) is 9.82 Å². The van der Waals surface area contributed by atoms with Crippen molar-refractivity contribution in [1.29, 1.82) is 0 Å². The lowest BCUT2D eigenvalue weighted by molar-refractivity contribution is 0.0548. The van der Waals surface area contributed by atoms with Crippen LogP contribution in [0.15, 0.2) is 23.1 Å². The van der Waals surface area contributed by atoms with E-state index in [-0.39, 0.29) is 16.8 Å². The molecule has 1 N–H and O–H groups in total. The third-order valence-electron chi connectivity index (χ3n) is 5.77. The van der Waals surface area contributed by atoms with Crippen LogP contribution in [0.2, 0.25) is 0 Å². The van der Waals surface area contributed by atoms with E-state index in [0.29, 0.717) is 35.0 Å². The van der Waals surface area contributed by atoms with Gasteiger partial charge in [0.1, 0.15) is 10.6 Å². The van der Waals surface area contributed by atoms with Crippen LogP contribution < -0.4 is 9.46 Å². The zero-order valence-electron chi connectivity index (χ0n) is 16.9. The van der Waals surface area contributed by atoms with Gasteiger partial charge in [0.05, 0.1) is 23.6 Å². The fourth-order valence-electron chi connectivity index (χ4n) is 4.26. The molecule has 8 nitrogen and oxygen atoms in total. The number of aryl methyl sites for hydroxylation is 2. The van der Waals surface area contributed by atoms with E-state index in [4.69, 9.17) is 4.74 Å². The molecule has 2 aliphatic rings. The molecule has 0 spiro atoms. The molecule has 1 amide bonds. The van der Waals surface area contributed by atoms with Crippen LogP contribution in [0.25, 0.3) is 0 Å². The SMILES string of the molecule is Cc1nn(C)c(C)c1S(=O)(=O)Nc1ccc2c(c1)C(=O)N1CCCCC1CCO2. The summed E-state index contributed by atoms with van der Waals surface area (Å²) in [6, 6.07) is 5.05. The Morgan fingerprint density at radius 2 is 2.00 bits per heavy atom. The van der Waals surface area contributed by atoms with Gasteiger partial charge in [-0.15, -0.1) is 0 Å². The van der Waals surface area contributed by atoms with Gasteiger partial charge in [0.25, 0.3) is 15.9 Å². The normalized spacial score (nSPS) is 19.6. The lowest BCUT2D eigenvalue weighted by Crippen LogP contribution is -2.45. The summed E-state index contributed by atoms with van der Waals surface area (Å²) in [4.78, 5) is 15.3. The molecule has 4 rings (SSSR count). The van der Waals surface area contributed by atoms with Crippen LogP contribution in [-0.4, -0.2) is 48.2 Å². The smallest absolute Gasteiger partial charge is 0.265 e. The maximum Gasteiger partial charge on any atom is 0.265 e. The number of nitrogens with zero attached hydrogens (tertiary/aromatic N) is 3. The van der Waals surface area contributed by atoms with Crippen molar-refractivity contribution in [3.05, 3.63) is 35.2 Å². The highest BCUT2D eigenvalue weighted by Crippen LogP contribution is 2.32. The number of hydrogen-bond acceptors (Lipinski definition) is 5. The Labute approximate surface area is 170 Å². The van der Waals surface area contributed by atoms with Crippen LogP contribution in [0.3, 0.4) is 0 Å². The topological polar surface area (TPSA) is 93.5 Å². The molecule has 3 heterocycles. The molecule has 0 bridgehead atoms. The van der Waals surface area contributed by atoms with Crippen molar-refractivity contribution < 1.29 is 17.9 Å². The van der Waals surface area contributed by atoms with Crippen molar-refractivity contribution in [3.8, 4) is 5.75 Å². The molecular formula is C20H26N4O4S. The Kier molecular flexibility index (Phi) is 5.02. The van der Waals surface area contributed by atoms with Crippen molar-refractivity contribution in [2.45, 2.75) is 50.5 Å². The summed E-state index contributed by atoms with van der Waals surface area (Å²) in [5, 5.41) is 4.19. The van der Waals surface area contributed by atoms with Crippen LogP contribution >= 0.6 is 0 Å². The fraction of sp³-hybridized carbons (Fsp3) is 0.500. The predicted octanol–water partition coefficient (Wildman–Crippen LogP) is 2.61. The molecule has 2 aliphatic heterocycles. The Morgan fingerprint density at radius 3 is 2.72 bits per heavy atom. The summed E-state index contributed by atoms with van der Waals surface area (Å²) in [5.41, 5.74) is 1.71. The second kappa shape index (κ2) is 7.37. The van der Waals surface area contributed by atoms with Crippen LogP contribution in [-0.2, 0) is 17.1 Å². The van der Waals surface area contributed by atoms with Crippen molar-refractivity contribution in [3.63, 3.8) is 0 Å². The van der Waals surface area contributed by atoms with Crippen LogP contribution in [0.5, 0.6) is 5.75 Å². The summed E-state index contributed by atoms with van der Waals surface area (Å²) in [7, 11) is -2.13. The van der Waals surface area contributed by atoms with E-state index in [9.17, 15) is 13.2 Å². The maximum atomic E-state index is 13.2. The van der Waals surface area contributed by atoms with Crippen molar-refractivity contribution >= 4 is 21.6 Å². The number of nitrogens with one attached hydrogen (secondary N) is 1. The van der Waals surface area contributed by atoms with E-state index in [1.165, 1.54) is 4.68 Å². The minimum atomic E-state index is -3.84. The van der Waals surface area contributed by atoms with Gasteiger partial charge in [-0.2, -0.15) is 5.10 Å².